The molecule has 22 heavy (non-hydrogen) atoms. The summed E-state index contributed by atoms with van der Waals surface area (Å²) < 4.78 is 0. The molecule has 3 rings (SSSR count). The summed E-state index contributed by atoms with van der Waals surface area (Å²) in [5.74, 6) is -0.940. The number of aliphatic carboxylic acids is 1. The van der Waals surface area contributed by atoms with Crippen LogP contribution < -0.4 is 0 Å². The van der Waals surface area contributed by atoms with E-state index in [-0.39, 0.29) is 5.92 Å². The van der Waals surface area contributed by atoms with Crippen LogP contribution in [0, 0.1) is 5.92 Å². The van der Waals surface area contributed by atoms with E-state index < -0.39 is 5.97 Å². The number of hydrogen-bond acceptors (Lipinski definition) is 4. The Morgan fingerprint density at radius 3 is 3.14 bits per heavy atom. The SMILES string of the molecule is O=C(O)C1CCCN(Cc2nc(-c3cccc(Cl)c3)cs2)C1. The van der Waals surface area contributed by atoms with Crippen molar-refractivity contribution in [2.75, 3.05) is 13.1 Å². The predicted octanol–water partition coefficient (Wildman–Crippen LogP) is 3.76. The third-order valence-electron chi connectivity index (χ3n) is 3.89. The van der Waals surface area contributed by atoms with Crippen LogP contribution in [0.3, 0.4) is 0 Å². The number of rotatable bonds is 4. The molecule has 1 saturated heterocycles. The molecular formula is C16H17ClN2O2S. The largest absolute Gasteiger partial charge is 0.481 e. The molecule has 0 aliphatic carbocycles. The molecule has 2 aromatic rings. The zero-order valence-electron chi connectivity index (χ0n) is 12.0. The number of nitrogens with zero attached hydrogens (tertiary/aromatic N) is 2. The van der Waals surface area contributed by atoms with Crippen molar-refractivity contribution in [3.63, 3.8) is 0 Å². The molecule has 1 atom stereocenters. The van der Waals surface area contributed by atoms with Crippen LogP contribution in [0.5, 0.6) is 0 Å². The minimum atomic E-state index is -0.691. The van der Waals surface area contributed by atoms with Crippen molar-refractivity contribution in [3.05, 3.63) is 39.7 Å². The lowest BCUT2D eigenvalue weighted by atomic mass is 9.98. The van der Waals surface area contributed by atoms with E-state index in [0.29, 0.717) is 11.6 Å². The number of thiazole rings is 1. The number of halogens is 1. The van der Waals surface area contributed by atoms with Gasteiger partial charge in [-0.2, -0.15) is 0 Å². The average Bonchev–Trinajstić information content (AvgIpc) is 2.96. The Hall–Kier alpha value is -1.43. The summed E-state index contributed by atoms with van der Waals surface area (Å²) in [6, 6.07) is 7.66. The van der Waals surface area contributed by atoms with Gasteiger partial charge in [-0.1, -0.05) is 23.7 Å². The number of carboxylic acids is 1. The fourth-order valence-corrected chi connectivity index (χ4v) is 3.79. The summed E-state index contributed by atoms with van der Waals surface area (Å²) in [5.41, 5.74) is 1.94. The molecular weight excluding hydrogens is 320 g/mol. The van der Waals surface area contributed by atoms with Gasteiger partial charge < -0.3 is 5.11 Å². The van der Waals surface area contributed by atoms with Crippen LogP contribution in [-0.4, -0.2) is 34.0 Å². The van der Waals surface area contributed by atoms with Gasteiger partial charge >= 0.3 is 5.97 Å². The van der Waals surface area contributed by atoms with Crippen molar-refractivity contribution >= 4 is 28.9 Å². The van der Waals surface area contributed by atoms with Gasteiger partial charge in [-0.3, -0.25) is 9.69 Å². The van der Waals surface area contributed by atoms with Crippen LogP contribution in [0.15, 0.2) is 29.6 Å². The van der Waals surface area contributed by atoms with Crippen molar-refractivity contribution in [2.45, 2.75) is 19.4 Å². The highest BCUT2D eigenvalue weighted by molar-refractivity contribution is 7.09. The summed E-state index contributed by atoms with van der Waals surface area (Å²) in [5, 5.41) is 12.9. The molecule has 1 aromatic heterocycles. The fraction of sp³-hybridized carbons (Fsp3) is 0.375. The van der Waals surface area contributed by atoms with Gasteiger partial charge in [0.1, 0.15) is 5.01 Å². The maximum Gasteiger partial charge on any atom is 0.307 e. The van der Waals surface area contributed by atoms with Gasteiger partial charge in [0, 0.05) is 22.5 Å². The third kappa shape index (κ3) is 3.66. The monoisotopic (exact) mass is 336 g/mol. The number of piperidine rings is 1. The number of carboxylic acid groups (broad SMARTS) is 1. The second-order valence-corrected chi connectivity index (χ2v) is 6.93. The van der Waals surface area contributed by atoms with Crippen LogP contribution in [-0.2, 0) is 11.3 Å². The molecule has 6 heteroatoms. The second-order valence-electron chi connectivity index (χ2n) is 5.55. The molecule has 0 amide bonds. The fourth-order valence-electron chi connectivity index (χ4n) is 2.76. The Morgan fingerprint density at radius 1 is 1.50 bits per heavy atom. The zero-order valence-corrected chi connectivity index (χ0v) is 13.6. The third-order valence-corrected chi connectivity index (χ3v) is 4.95. The Labute approximate surface area is 138 Å². The number of carbonyl (C=O) groups is 1. The molecule has 1 aromatic carbocycles. The molecule has 2 heterocycles. The first kappa shape index (κ1) is 15.5. The van der Waals surface area contributed by atoms with Gasteiger partial charge in [0.15, 0.2) is 0 Å². The van der Waals surface area contributed by atoms with E-state index in [2.05, 4.69) is 9.88 Å². The lowest BCUT2D eigenvalue weighted by molar-refractivity contribution is -0.143. The smallest absolute Gasteiger partial charge is 0.307 e. The summed E-state index contributed by atoms with van der Waals surface area (Å²) >= 11 is 7.62. The summed E-state index contributed by atoms with van der Waals surface area (Å²) in [6.45, 7) is 2.27. The minimum Gasteiger partial charge on any atom is -0.481 e. The van der Waals surface area contributed by atoms with Gasteiger partial charge in [-0.15, -0.1) is 11.3 Å². The summed E-state index contributed by atoms with van der Waals surface area (Å²) in [6.07, 6.45) is 1.71. The number of likely N-dealkylation sites (tertiary alicyclic amines) is 1. The average molecular weight is 337 g/mol. The molecule has 1 aliphatic heterocycles. The number of benzene rings is 1. The second kappa shape index (κ2) is 6.77. The van der Waals surface area contributed by atoms with E-state index in [1.54, 1.807) is 11.3 Å². The van der Waals surface area contributed by atoms with Crippen LogP contribution in [0.4, 0.5) is 0 Å². The minimum absolute atomic E-state index is 0.249. The molecule has 0 saturated carbocycles. The zero-order chi connectivity index (χ0) is 15.5. The Balaban J connectivity index is 1.68. The first-order chi connectivity index (χ1) is 10.6. The number of hydrogen-bond donors (Lipinski definition) is 1. The van der Waals surface area contributed by atoms with Crippen molar-refractivity contribution < 1.29 is 9.90 Å². The normalized spacial score (nSPS) is 19.2. The predicted molar refractivity (Wildman–Crippen MR) is 88.2 cm³/mol. The number of aromatic nitrogens is 1. The van der Waals surface area contributed by atoms with Crippen molar-refractivity contribution in [2.24, 2.45) is 5.92 Å². The maximum absolute atomic E-state index is 11.1. The van der Waals surface area contributed by atoms with E-state index in [1.807, 2.05) is 29.6 Å². The van der Waals surface area contributed by atoms with Crippen molar-refractivity contribution in [1.29, 1.82) is 0 Å². The first-order valence-electron chi connectivity index (χ1n) is 7.27. The topological polar surface area (TPSA) is 53.4 Å². The van der Waals surface area contributed by atoms with Gasteiger partial charge in [0.05, 0.1) is 18.2 Å². The highest BCUT2D eigenvalue weighted by Crippen LogP contribution is 2.26. The quantitative estimate of drug-likeness (QED) is 0.923. The van der Waals surface area contributed by atoms with E-state index in [9.17, 15) is 4.79 Å². The van der Waals surface area contributed by atoms with Crippen molar-refractivity contribution in [3.8, 4) is 11.3 Å². The molecule has 116 valence electrons. The van der Waals surface area contributed by atoms with E-state index >= 15 is 0 Å². The maximum atomic E-state index is 11.1. The van der Waals surface area contributed by atoms with E-state index in [0.717, 1.165) is 42.2 Å². The van der Waals surface area contributed by atoms with E-state index in [4.69, 9.17) is 16.7 Å². The lowest BCUT2D eigenvalue weighted by Gasteiger charge is -2.29. The molecule has 1 aliphatic rings. The summed E-state index contributed by atoms with van der Waals surface area (Å²) in [7, 11) is 0. The molecule has 1 unspecified atom stereocenters. The van der Waals surface area contributed by atoms with Crippen LogP contribution >= 0.6 is 22.9 Å². The molecule has 4 nitrogen and oxygen atoms in total. The van der Waals surface area contributed by atoms with Crippen LogP contribution in [0.25, 0.3) is 11.3 Å². The Morgan fingerprint density at radius 2 is 2.36 bits per heavy atom. The van der Waals surface area contributed by atoms with Crippen LogP contribution in [0.1, 0.15) is 17.8 Å². The highest BCUT2D eigenvalue weighted by Gasteiger charge is 2.25. The van der Waals surface area contributed by atoms with E-state index in [1.165, 1.54) is 0 Å². The van der Waals surface area contributed by atoms with Gasteiger partial charge in [0.2, 0.25) is 0 Å². The van der Waals surface area contributed by atoms with Crippen molar-refractivity contribution in [1.82, 2.24) is 9.88 Å². The highest BCUT2D eigenvalue weighted by atomic mass is 35.5. The molecule has 0 radical (unpaired) electrons. The van der Waals surface area contributed by atoms with Gasteiger partial charge in [-0.25, -0.2) is 4.98 Å². The molecule has 1 N–H and O–H groups in total. The molecule has 0 spiro atoms. The first-order valence-corrected chi connectivity index (χ1v) is 8.53. The van der Waals surface area contributed by atoms with Gasteiger partial charge in [-0.05, 0) is 31.5 Å². The summed E-state index contributed by atoms with van der Waals surface area (Å²) in [4.78, 5) is 18.0. The molecule has 0 bridgehead atoms. The Bertz CT molecular complexity index is 674. The van der Waals surface area contributed by atoms with Crippen LogP contribution in [0.2, 0.25) is 5.02 Å². The molecule has 1 fully saturated rings. The van der Waals surface area contributed by atoms with Gasteiger partial charge in [0.25, 0.3) is 0 Å². The standard InChI is InChI=1S/C16H17ClN2O2S/c17-13-5-1-3-11(7-13)14-10-22-15(18-14)9-19-6-2-4-12(8-19)16(20)21/h1,3,5,7,10,12H,2,4,6,8-9H2,(H,20,21). The Kier molecular flexibility index (Phi) is 4.76. The lowest BCUT2D eigenvalue weighted by Crippen LogP contribution is -2.38.